The van der Waals surface area contributed by atoms with Gasteiger partial charge in [0.25, 0.3) is 5.91 Å². The number of benzene rings is 2. The second kappa shape index (κ2) is 9.33. The van der Waals surface area contributed by atoms with Gasteiger partial charge in [-0.05, 0) is 59.3 Å². The Hall–Kier alpha value is -2.42. The normalized spacial score (nSPS) is 11.3. The molecule has 0 aliphatic heterocycles. The molecule has 0 fully saturated rings. The number of amides is 3. The molecule has 2 rings (SSSR count). The van der Waals surface area contributed by atoms with Gasteiger partial charge in [-0.2, -0.15) is 0 Å². The van der Waals surface area contributed by atoms with Gasteiger partial charge in [0.05, 0.1) is 18.2 Å². The zero-order chi connectivity index (χ0) is 19.1. The largest absolute Gasteiger partial charge is 0.348 e. The fourth-order valence-electron chi connectivity index (χ4n) is 2.37. The van der Waals surface area contributed by atoms with E-state index in [1.165, 1.54) is 6.92 Å². The van der Waals surface area contributed by atoms with E-state index in [4.69, 9.17) is 0 Å². The maximum Gasteiger partial charge on any atom is 0.252 e. The molecule has 0 aliphatic rings. The minimum atomic E-state index is -0.290. The first-order chi connectivity index (χ1) is 12.4. The highest BCUT2D eigenvalue weighted by molar-refractivity contribution is 14.1. The van der Waals surface area contributed by atoms with E-state index < -0.39 is 0 Å². The maximum absolute atomic E-state index is 12.1. The minimum absolute atomic E-state index is 0.112. The van der Waals surface area contributed by atoms with Crippen LogP contribution in [0.15, 0.2) is 48.5 Å². The lowest BCUT2D eigenvalue weighted by Crippen LogP contribution is -2.38. The topological polar surface area (TPSA) is 87.3 Å². The lowest BCUT2D eigenvalue weighted by Gasteiger charge is -2.16. The zero-order valence-electron chi connectivity index (χ0n) is 14.5. The standard InChI is InChI=1S/C19H20IN3O3/c1-12(14-6-5-7-15(10-14)23-13(2)24)22-18(25)11-21-19(26)16-8-3-4-9-17(16)20/h3-10,12H,11H2,1-2H3,(H,21,26)(H,22,25)(H,23,24). The maximum atomic E-state index is 12.1. The van der Waals surface area contributed by atoms with Crippen molar-refractivity contribution in [3.8, 4) is 0 Å². The highest BCUT2D eigenvalue weighted by Gasteiger charge is 2.13. The van der Waals surface area contributed by atoms with Crippen molar-refractivity contribution < 1.29 is 14.4 Å². The Morgan fingerprint density at radius 3 is 2.50 bits per heavy atom. The van der Waals surface area contributed by atoms with Crippen molar-refractivity contribution in [1.29, 1.82) is 0 Å². The number of halogens is 1. The lowest BCUT2D eigenvalue weighted by molar-refractivity contribution is -0.120. The number of hydrogen-bond acceptors (Lipinski definition) is 3. The molecule has 0 aliphatic carbocycles. The fourth-order valence-corrected chi connectivity index (χ4v) is 3.00. The summed E-state index contributed by atoms with van der Waals surface area (Å²) in [5, 5.41) is 8.16. The fraction of sp³-hybridized carbons (Fsp3) is 0.211. The van der Waals surface area contributed by atoms with Gasteiger partial charge < -0.3 is 16.0 Å². The highest BCUT2D eigenvalue weighted by atomic mass is 127. The van der Waals surface area contributed by atoms with Crippen molar-refractivity contribution in [2.45, 2.75) is 19.9 Å². The molecule has 3 amide bonds. The summed E-state index contributed by atoms with van der Waals surface area (Å²) >= 11 is 2.08. The van der Waals surface area contributed by atoms with Crippen molar-refractivity contribution in [2.75, 3.05) is 11.9 Å². The molecule has 26 heavy (non-hydrogen) atoms. The van der Waals surface area contributed by atoms with Crippen LogP contribution in [0.25, 0.3) is 0 Å². The third-order valence-corrected chi connectivity index (χ3v) is 4.55. The molecule has 0 saturated carbocycles. The monoisotopic (exact) mass is 465 g/mol. The Balaban J connectivity index is 1.90. The predicted molar refractivity (Wildman–Crippen MR) is 109 cm³/mol. The summed E-state index contributed by atoms with van der Waals surface area (Å²) in [6.45, 7) is 3.17. The summed E-state index contributed by atoms with van der Waals surface area (Å²) in [5.41, 5.74) is 2.06. The van der Waals surface area contributed by atoms with Gasteiger partial charge in [0, 0.05) is 16.2 Å². The van der Waals surface area contributed by atoms with Gasteiger partial charge in [0.2, 0.25) is 11.8 Å². The molecule has 0 spiro atoms. The molecule has 2 aromatic rings. The van der Waals surface area contributed by atoms with E-state index >= 15 is 0 Å². The molecule has 0 saturated heterocycles. The quantitative estimate of drug-likeness (QED) is 0.574. The van der Waals surface area contributed by atoms with E-state index in [0.29, 0.717) is 11.3 Å². The van der Waals surface area contributed by atoms with Crippen LogP contribution in [0, 0.1) is 3.57 Å². The van der Waals surface area contributed by atoms with Gasteiger partial charge in [0.1, 0.15) is 0 Å². The molecule has 7 heteroatoms. The molecule has 136 valence electrons. The summed E-state index contributed by atoms with van der Waals surface area (Å²) in [6, 6.07) is 14.2. The van der Waals surface area contributed by atoms with Gasteiger partial charge in [-0.3, -0.25) is 14.4 Å². The van der Waals surface area contributed by atoms with Gasteiger partial charge in [-0.25, -0.2) is 0 Å². The molecule has 1 unspecified atom stereocenters. The number of carbonyl (C=O) groups is 3. The van der Waals surface area contributed by atoms with Crippen LogP contribution in [0.4, 0.5) is 5.69 Å². The Kier molecular flexibility index (Phi) is 7.14. The van der Waals surface area contributed by atoms with E-state index in [1.807, 2.05) is 31.2 Å². The average molecular weight is 465 g/mol. The molecule has 0 aromatic heterocycles. The summed E-state index contributed by atoms with van der Waals surface area (Å²) in [6.07, 6.45) is 0. The van der Waals surface area contributed by atoms with Crippen LogP contribution >= 0.6 is 22.6 Å². The molecule has 3 N–H and O–H groups in total. The van der Waals surface area contributed by atoms with Crippen LogP contribution in [0.1, 0.15) is 35.8 Å². The van der Waals surface area contributed by atoms with E-state index in [-0.39, 0.29) is 30.3 Å². The average Bonchev–Trinajstić information content (AvgIpc) is 2.59. The van der Waals surface area contributed by atoms with Crippen LogP contribution in [-0.2, 0) is 9.59 Å². The SMILES string of the molecule is CC(=O)Nc1cccc(C(C)NC(=O)CNC(=O)c2ccccc2I)c1. The van der Waals surface area contributed by atoms with Gasteiger partial charge in [0.15, 0.2) is 0 Å². The van der Waals surface area contributed by atoms with E-state index in [1.54, 1.807) is 24.3 Å². The second-order valence-electron chi connectivity index (χ2n) is 5.76. The first-order valence-corrected chi connectivity index (χ1v) is 9.14. The Morgan fingerprint density at radius 2 is 1.81 bits per heavy atom. The van der Waals surface area contributed by atoms with Crippen LogP contribution < -0.4 is 16.0 Å². The first-order valence-electron chi connectivity index (χ1n) is 8.06. The zero-order valence-corrected chi connectivity index (χ0v) is 16.7. The van der Waals surface area contributed by atoms with Crippen LogP contribution in [0.2, 0.25) is 0 Å². The van der Waals surface area contributed by atoms with Crippen molar-refractivity contribution in [2.24, 2.45) is 0 Å². The molecule has 0 radical (unpaired) electrons. The van der Waals surface area contributed by atoms with Gasteiger partial charge >= 0.3 is 0 Å². The molecule has 1 atom stereocenters. The van der Waals surface area contributed by atoms with E-state index in [9.17, 15) is 14.4 Å². The van der Waals surface area contributed by atoms with Crippen molar-refractivity contribution >= 4 is 46.0 Å². The number of rotatable bonds is 6. The molecule has 2 aromatic carbocycles. The second-order valence-corrected chi connectivity index (χ2v) is 6.92. The third-order valence-electron chi connectivity index (χ3n) is 3.61. The summed E-state index contributed by atoms with van der Waals surface area (Å²) in [5.74, 6) is -0.732. The minimum Gasteiger partial charge on any atom is -0.348 e. The number of anilines is 1. The lowest BCUT2D eigenvalue weighted by atomic mass is 10.1. The van der Waals surface area contributed by atoms with Crippen molar-refractivity contribution in [1.82, 2.24) is 10.6 Å². The van der Waals surface area contributed by atoms with E-state index in [2.05, 4.69) is 38.5 Å². The molecule has 0 bridgehead atoms. The number of carbonyl (C=O) groups excluding carboxylic acids is 3. The predicted octanol–water partition coefficient (Wildman–Crippen LogP) is 2.86. The number of hydrogen-bond donors (Lipinski definition) is 3. The van der Waals surface area contributed by atoms with Crippen molar-refractivity contribution in [3.63, 3.8) is 0 Å². The van der Waals surface area contributed by atoms with Gasteiger partial charge in [-0.1, -0.05) is 24.3 Å². The van der Waals surface area contributed by atoms with E-state index in [0.717, 1.165) is 9.13 Å². The van der Waals surface area contributed by atoms with Gasteiger partial charge in [-0.15, -0.1) is 0 Å². The third kappa shape index (κ3) is 5.83. The highest BCUT2D eigenvalue weighted by Crippen LogP contribution is 2.17. The Morgan fingerprint density at radius 1 is 1.08 bits per heavy atom. The van der Waals surface area contributed by atoms with Crippen molar-refractivity contribution in [3.05, 3.63) is 63.2 Å². The summed E-state index contributed by atoms with van der Waals surface area (Å²) in [7, 11) is 0. The molecular formula is C19H20IN3O3. The molecule has 0 heterocycles. The number of nitrogens with one attached hydrogen (secondary N) is 3. The summed E-state index contributed by atoms with van der Waals surface area (Å²) < 4.78 is 0.825. The van der Waals surface area contributed by atoms with Crippen LogP contribution in [0.3, 0.4) is 0 Å². The van der Waals surface area contributed by atoms with Crippen LogP contribution in [-0.4, -0.2) is 24.3 Å². The molecular weight excluding hydrogens is 445 g/mol. The van der Waals surface area contributed by atoms with Crippen LogP contribution in [0.5, 0.6) is 0 Å². The smallest absolute Gasteiger partial charge is 0.252 e. The molecule has 6 nitrogen and oxygen atoms in total. The first kappa shape index (κ1) is 19.9. The Labute approximate surface area is 165 Å². The Bertz CT molecular complexity index is 823. The summed E-state index contributed by atoms with van der Waals surface area (Å²) in [4.78, 5) is 35.4.